The molecule has 0 atom stereocenters. The van der Waals surface area contributed by atoms with Gasteiger partial charge in [0.25, 0.3) is 0 Å². The molecule has 0 amide bonds. The minimum atomic E-state index is 0.596. The Kier molecular flexibility index (Phi) is 3.25. The van der Waals surface area contributed by atoms with Crippen molar-refractivity contribution < 1.29 is 0 Å². The largest absolute Gasteiger partial charge is 0.354 e. The summed E-state index contributed by atoms with van der Waals surface area (Å²) < 4.78 is 1.68. The van der Waals surface area contributed by atoms with Crippen LogP contribution in [-0.4, -0.2) is 44.7 Å². The third-order valence-electron chi connectivity index (χ3n) is 2.31. The Hall–Kier alpha value is -1.76. The molecule has 0 aromatic carbocycles. The third kappa shape index (κ3) is 1.94. The zero-order valence-electron chi connectivity index (χ0n) is 9.24. The maximum absolute atomic E-state index is 5.59. The summed E-state index contributed by atoms with van der Waals surface area (Å²) in [6.45, 7) is 4.40. The molecule has 0 aliphatic carbocycles. The summed E-state index contributed by atoms with van der Waals surface area (Å²) in [7, 11) is 0. The molecular weight excluding hydrogens is 206 g/mol. The normalized spacial score (nSPS) is 10.9. The molecular formula is C9H15N7. The first-order chi connectivity index (χ1) is 7.86. The van der Waals surface area contributed by atoms with E-state index >= 15 is 0 Å². The van der Waals surface area contributed by atoms with Gasteiger partial charge in [-0.2, -0.15) is 4.52 Å². The Balaban J connectivity index is 2.38. The molecule has 2 N–H and O–H groups in total. The molecule has 16 heavy (non-hydrogen) atoms. The van der Waals surface area contributed by atoms with E-state index in [1.807, 2.05) is 0 Å². The fourth-order valence-corrected chi connectivity index (χ4v) is 1.65. The average Bonchev–Trinajstić information content (AvgIpc) is 2.76. The number of aromatic nitrogens is 5. The van der Waals surface area contributed by atoms with E-state index in [9.17, 15) is 0 Å². The summed E-state index contributed by atoms with van der Waals surface area (Å²) in [6, 6.07) is 0. The molecule has 2 aromatic rings. The Labute approximate surface area is 93.3 Å². The van der Waals surface area contributed by atoms with Gasteiger partial charge < -0.3 is 10.6 Å². The van der Waals surface area contributed by atoms with Crippen LogP contribution in [0.5, 0.6) is 0 Å². The van der Waals surface area contributed by atoms with Gasteiger partial charge >= 0.3 is 0 Å². The first kappa shape index (κ1) is 10.7. The maximum atomic E-state index is 5.59. The Morgan fingerprint density at radius 2 is 2.25 bits per heavy atom. The van der Waals surface area contributed by atoms with Crippen LogP contribution in [0.2, 0.25) is 0 Å². The van der Waals surface area contributed by atoms with Crippen molar-refractivity contribution in [1.82, 2.24) is 25.0 Å². The minimum Gasteiger partial charge on any atom is -0.354 e. The van der Waals surface area contributed by atoms with Gasteiger partial charge in [-0.1, -0.05) is 6.92 Å². The van der Waals surface area contributed by atoms with E-state index in [-0.39, 0.29) is 0 Å². The Bertz CT molecular complexity index is 446. The second-order valence-electron chi connectivity index (χ2n) is 3.49. The highest BCUT2D eigenvalue weighted by atomic mass is 15.5. The van der Waals surface area contributed by atoms with E-state index < -0.39 is 0 Å². The lowest BCUT2D eigenvalue weighted by molar-refractivity contribution is 0.717. The summed E-state index contributed by atoms with van der Waals surface area (Å²) in [4.78, 5) is 6.26. The first-order valence-corrected chi connectivity index (χ1v) is 5.34. The number of nitrogens with two attached hydrogens (primary N) is 1. The molecule has 0 saturated heterocycles. The van der Waals surface area contributed by atoms with E-state index in [1.165, 1.54) is 0 Å². The summed E-state index contributed by atoms with van der Waals surface area (Å²) in [6.07, 6.45) is 4.43. The summed E-state index contributed by atoms with van der Waals surface area (Å²) >= 11 is 0. The van der Waals surface area contributed by atoms with Crippen LogP contribution in [0, 0.1) is 0 Å². The molecule has 0 aliphatic rings. The monoisotopic (exact) mass is 221 g/mol. The highest BCUT2D eigenvalue weighted by molar-refractivity contribution is 5.45. The summed E-state index contributed by atoms with van der Waals surface area (Å²) in [5.41, 5.74) is 6.24. The van der Waals surface area contributed by atoms with E-state index in [0.29, 0.717) is 12.2 Å². The van der Waals surface area contributed by atoms with Crippen LogP contribution in [-0.2, 0) is 0 Å². The lowest BCUT2D eigenvalue weighted by atomic mass is 10.4. The van der Waals surface area contributed by atoms with Crippen LogP contribution in [0.15, 0.2) is 12.4 Å². The Morgan fingerprint density at radius 1 is 1.38 bits per heavy atom. The molecule has 2 rings (SSSR count). The van der Waals surface area contributed by atoms with E-state index in [1.54, 1.807) is 16.9 Å². The molecule has 2 heterocycles. The van der Waals surface area contributed by atoms with Gasteiger partial charge in [-0.05, 0) is 16.8 Å². The van der Waals surface area contributed by atoms with Gasteiger partial charge in [0.2, 0.25) is 0 Å². The van der Waals surface area contributed by atoms with Crippen LogP contribution in [0.1, 0.15) is 13.3 Å². The fraction of sp³-hybridized carbons (Fsp3) is 0.556. The summed E-state index contributed by atoms with van der Waals surface area (Å²) in [5.74, 6) is 0.884. The van der Waals surface area contributed by atoms with Gasteiger partial charge in [-0.25, -0.2) is 0 Å². The lowest BCUT2D eigenvalue weighted by Crippen LogP contribution is -2.31. The van der Waals surface area contributed by atoms with Gasteiger partial charge in [0.05, 0.1) is 12.4 Å². The van der Waals surface area contributed by atoms with Gasteiger partial charge in [0, 0.05) is 19.6 Å². The maximum Gasteiger partial charge on any atom is 0.199 e. The predicted molar refractivity (Wildman–Crippen MR) is 60.1 cm³/mol. The van der Waals surface area contributed by atoms with Gasteiger partial charge in [-0.15, -0.1) is 5.10 Å². The number of nitrogens with zero attached hydrogens (tertiary/aromatic N) is 6. The van der Waals surface area contributed by atoms with Gasteiger partial charge in [-0.3, -0.25) is 4.98 Å². The molecule has 7 heteroatoms. The SMILES string of the molecule is CCCN(CCN)c1cncc2nnnn12. The molecule has 2 aromatic heterocycles. The molecule has 0 radical (unpaired) electrons. The zero-order valence-corrected chi connectivity index (χ0v) is 9.24. The quantitative estimate of drug-likeness (QED) is 0.745. The topological polar surface area (TPSA) is 85.2 Å². The third-order valence-corrected chi connectivity index (χ3v) is 2.31. The van der Waals surface area contributed by atoms with Gasteiger partial charge in [0.1, 0.15) is 0 Å². The van der Waals surface area contributed by atoms with Crippen molar-refractivity contribution in [3.05, 3.63) is 12.4 Å². The van der Waals surface area contributed by atoms with Crippen molar-refractivity contribution in [3.8, 4) is 0 Å². The molecule has 0 aliphatic heterocycles. The second kappa shape index (κ2) is 4.84. The number of anilines is 1. The minimum absolute atomic E-state index is 0.596. The average molecular weight is 221 g/mol. The number of rotatable bonds is 5. The lowest BCUT2D eigenvalue weighted by Gasteiger charge is -2.22. The molecule has 0 fully saturated rings. The second-order valence-corrected chi connectivity index (χ2v) is 3.49. The van der Waals surface area contributed by atoms with Crippen LogP contribution < -0.4 is 10.6 Å². The molecule has 0 unspecified atom stereocenters. The van der Waals surface area contributed by atoms with Crippen molar-refractivity contribution >= 4 is 11.5 Å². The van der Waals surface area contributed by atoms with Crippen molar-refractivity contribution in [3.63, 3.8) is 0 Å². The molecule has 0 bridgehead atoms. The zero-order chi connectivity index (χ0) is 11.4. The molecule has 7 nitrogen and oxygen atoms in total. The van der Waals surface area contributed by atoms with Gasteiger partial charge in [0.15, 0.2) is 11.5 Å². The standard InChI is InChI=1S/C9H15N7/c1-2-4-15(5-3-10)9-7-11-6-8-12-13-14-16(8)9/h6-7H,2-5,10H2,1H3. The molecule has 0 spiro atoms. The number of fused-ring (bicyclic) bond motifs is 1. The molecule has 0 saturated carbocycles. The van der Waals surface area contributed by atoms with Crippen LogP contribution in [0.4, 0.5) is 5.82 Å². The smallest absolute Gasteiger partial charge is 0.199 e. The number of hydrogen-bond donors (Lipinski definition) is 1. The molecule has 86 valence electrons. The van der Waals surface area contributed by atoms with E-state index in [4.69, 9.17) is 5.73 Å². The van der Waals surface area contributed by atoms with Crippen molar-refractivity contribution in [1.29, 1.82) is 0 Å². The number of tetrazole rings is 1. The highest BCUT2D eigenvalue weighted by Gasteiger charge is 2.10. The van der Waals surface area contributed by atoms with Crippen LogP contribution >= 0.6 is 0 Å². The predicted octanol–water partition coefficient (Wildman–Crippen LogP) is -0.306. The van der Waals surface area contributed by atoms with E-state index in [0.717, 1.165) is 25.3 Å². The summed E-state index contributed by atoms with van der Waals surface area (Å²) in [5, 5.41) is 11.4. The van der Waals surface area contributed by atoms with E-state index in [2.05, 4.69) is 32.3 Å². The van der Waals surface area contributed by atoms with Crippen molar-refractivity contribution in [2.45, 2.75) is 13.3 Å². The van der Waals surface area contributed by atoms with Crippen molar-refractivity contribution in [2.24, 2.45) is 5.73 Å². The van der Waals surface area contributed by atoms with Crippen LogP contribution in [0.25, 0.3) is 5.65 Å². The van der Waals surface area contributed by atoms with Crippen molar-refractivity contribution in [2.75, 3.05) is 24.5 Å². The Morgan fingerprint density at radius 3 is 3.00 bits per heavy atom. The first-order valence-electron chi connectivity index (χ1n) is 5.34. The highest BCUT2D eigenvalue weighted by Crippen LogP contribution is 2.12. The van der Waals surface area contributed by atoms with Crippen LogP contribution in [0.3, 0.4) is 0 Å². The fourth-order valence-electron chi connectivity index (χ4n) is 1.65. The number of hydrogen-bond acceptors (Lipinski definition) is 6.